The number of aromatic nitrogens is 6. The molecular weight excluding hydrogens is 533 g/mol. The lowest BCUT2D eigenvalue weighted by Gasteiger charge is -2.42. The van der Waals surface area contributed by atoms with Crippen LogP contribution in [0.5, 0.6) is 0 Å². The first-order valence-electron chi connectivity index (χ1n) is 13.1. The van der Waals surface area contributed by atoms with Gasteiger partial charge in [-0.25, -0.2) is 19.9 Å². The highest BCUT2D eigenvalue weighted by atomic mass is 35.5. The number of aromatic amines is 1. The zero-order valence-electron chi connectivity index (χ0n) is 21.4. The Kier molecular flexibility index (Phi) is 6.67. The van der Waals surface area contributed by atoms with E-state index in [9.17, 15) is 18.3 Å². The Morgan fingerprint density at radius 1 is 1.15 bits per heavy atom. The van der Waals surface area contributed by atoms with E-state index in [1.54, 1.807) is 6.33 Å². The number of rotatable bonds is 7. The summed E-state index contributed by atoms with van der Waals surface area (Å²) in [7, 11) is 2.14. The standard InChI is InChI=1S/C26H30ClF3N8O/c1-37(10-14-6-20(21(39)7-14)38-12-34-23-24(31)32-11-33-25(23)38)15-4-13(5-15)2-3-22-35-18-8-16(26(28,29)30)17(27)9-19(18)36-22/h8-9,11-15,20-21,39H,2-7,10H2,1H3,(H,35,36)(H2,31,32,33)/t13?,14-,15?,20+,21+/m0/s1. The van der Waals surface area contributed by atoms with Crippen molar-refractivity contribution in [1.82, 2.24) is 34.4 Å². The van der Waals surface area contributed by atoms with E-state index in [0.717, 1.165) is 44.7 Å². The SMILES string of the molecule is CN(C[C@@H]1C[C@@H](O)[C@H](n2cnc3c(N)ncnc32)C1)C1CC(CCc2nc3cc(Cl)c(C(F)(F)F)cc3[nH]2)C1. The number of aryl methyl sites for hydroxylation is 1. The molecule has 0 amide bonds. The number of fused-ring (bicyclic) bond motifs is 2. The third kappa shape index (κ3) is 5.05. The molecule has 0 saturated heterocycles. The number of anilines is 1. The highest BCUT2D eigenvalue weighted by Crippen LogP contribution is 2.40. The topological polar surface area (TPSA) is 122 Å². The van der Waals surface area contributed by atoms with Crippen molar-refractivity contribution in [3.63, 3.8) is 0 Å². The molecule has 4 N–H and O–H groups in total. The van der Waals surface area contributed by atoms with Gasteiger partial charge < -0.3 is 25.3 Å². The van der Waals surface area contributed by atoms with Gasteiger partial charge in [-0.3, -0.25) is 0 Å². The number of nitrogens with one attached hydrogen (secondary N) is 1. The Balaban J connectivity index is 0.998. The van der Waals surface area contributed by atoms with Gasteiger partial charge in [-0.05, 0) is 63.1 Å². The Morgan fingerprint density at radius 2 is 1.95 bits per heavy atom. The maximum Gasteiger partial charge on any atom is 0.417 e. The molecule has 39 heavy (non-hydrogen) atoms. The van der Waals surface area contributed by atoms with E-state index in [1.165, 1.54) is 12.4 Å². The summed E-state index contributed by atoms with van der Waals surface area (Å²) < 4.78 is 41.4. The third-order valence-electron chi connectivity index (χ3n) is 8.43. The zero-order chi connectivity index (χ0) is 27.5. The molecule has 4 aromatic rings. The number of halogens is 4. The molecular formula is C26H30ClF3N8O. The van der Waals surface area contributed by atoms with E-state index in [4.69, 9.17) is 17.3 Å². The van der Waals surface area contributed by atoms with Crippen molar-refractivity contribution in [3.8, 4) is 0 Å². The van der Waals surface area contributed by atoms with Gasteiger partial charge in [0, 0.05) is 19.0 Å². The van der Waals surface area contributed by atoms with Crippen molar-refractivity contribution in [2.45, 2.75) is 62.9 Å². The van der Waals surface area contributed by atoms with E-state index in [2.05, 4.69) is 36.9 Å². The number of nitrogens with two attached hydrogens (primary N) is 1. The summed E-state index contributed by atoms with van der Waals surface area (Å²) in [6.45, 7) is 0.903. The van der Waals surface area contributed by atoms with Crippen LogP contribution in [0.4, 0.5) is 19.0 Å². The number of alkyl halides is 3. The summed E-state index contributed by atoms with van der Waals surface area (Å²) in [6.07, 6.45) is 3.44. The molecule has 2 fully saturated rings. The van der Waals surface area contributed by atoms with Gasteiger partial charge in [-0.2, -0.15) is 13.2 Å². The molecule has 13 heteroatoms. The monoisotopic (exact) mass is 562 g/mol. The Morgan fingerprint density at radius 3 is 2.72 bits per heavy atom. The number of aliphatic hydroxyl groups is 1. The highest BCUT2D eigenvalue weighted by molar-refractivity contribution is 6.32. The molecule has 3 atom stereocenters. The molecule has 2 saturated carbocycles. The number of benzene rings is 1. The van der Waals surface area contributed by atoms with Crippen molar-refractivity contribution in [2.75, 3.05) is 19.3 Å². The maximum atomic E-state index is 13.1. The average Bonchev–Trinajstić information content (AvgIpc) is 3.53. The van der Waals surface area contributed by atoms with Crippen molar-refractivity contribution in [3.05, 3.63) is 41.2 Å². The van der Waals surface area contributed by atoms with Crippen molar-refractivity contribution < 1.29 is 18.3 Å². The van der Waals surface area contributed by atoms with E-state index in [0.29, 0.717) is 58.1 Å². The van der Waals surface area contributed by atoms with Crippen LogP contribution >= 0.6 is 11.6 Å². The lowest BCUT2D eigenvalue weighted by molar-refractivity contribution is -0.137. The number of imidazole rings is 2. The second-order valence-corrected chi connectivity index (χ2v) is 11.5. The number of hydrogen-bond acceptors (Lipinski definition) is 7. The van der Waals surface area contributed by atoms with Crippen LogP contribution in [0.1, 0.15) is 49.5 Å². The minimum atomic E-state index is -4.50. The Bertz CT molecular complexity index is 1500. The summed E-state index contributed by atoms with van der Waals surface area (Å²) in [6, 6.07) is 2.70. The van der Waals surface area contributed by atoms with Crippen molar-refractivity contribution in [1.29, 1.82) is 0 Å². The molecule has 0 aliphatic heterocycles. The predicted octanol–water partition coefficient (Wildman–Crippen LogP) is 4.61. The minimum Gasteiger partial charge on any atom is -0.391 e. The second-order valence-electron chi connectivity index (χ2n) is 11.1. The molecule has 0 unspecified atom stereocenters. The average molecular weight is 563 g/mol. The molecule has 0 radical (unpaired) electrons. The van der Waals surface area contributed by atoms with E-state index >= 15 is 0 Å². The van der Waals surface area contributed by atoms with Gasteiger partial charge in [0.25, 0.3) is 0 Å². The van der Waals surface area contributed by atoms with Gasteiger partial charge in [0.15, 0.2) is 11.5 Å². The molecule has 9 nitrogen and oxygen atoms in total. The Labute approximate surface area is 227 Å². The van der Waals surface area contributed by atoms with Gasteiger partial charge in [-0.1, -0.05) is 11.6 Å². The van der Waals surface area contributed by atoms with Crippen LogP contribution in [0.3, 0.4) is 0 Å². The molecule has 2 aliphatic carbocycles. The molecule has 1 aromatic carbocycles. The van der Waals surface area contributed by atoms with Gasteiger partial charge in [0.05, 0.1) is 40.1 Å². The number of H-pyrrole nitrogens is 1. The summed E-state index contributed by atoms with van der Waals surface area (Å²) in [4.78, 5) is 22.5. The zero-order valence-corrected chi connectivity index (χ0v) is 22.1. The molecule has 3 aromatic heterocycles. The lowest BCUT2D eigenvalue weighted by Crippen LogP contribution is -2.44. The van der Waals surface area contributed by atoms with Crippen molar-refractivity contribution >= 4 is 39.6 Å². The second kappa shape index (κ2) is 9.90. The Hall–Kier alpha value is -2.96. The summed E-state index contributed by atoms with van der Waals surface area (Å²) in [5.74, 6) is 1.92. The van der Waals surface area contributed by atoms with Gasteiger partial charge in [0.1, 0.15) is 17.7 Å². The largest absolute Gasteiger partial charge is 0.417 e. The molecule has 3 heterocycles. The van der Waals surface area contributed by atoms with E-state index in [-0.39, 0.29) is 11.1 Å². The van der Waals surface area contributed by atoms with Crippen LogP contribution in [0.2, 0.25) is 5.02 Å². The minimum absolute atomic E-state index is 0.0947. The van der Waals surface area contributed by atoms with Crippen LogP contribution in [-0.2, 0) is 12.6 Å². The number of hydrogen-bond donors (Lipinski definition) is 3. The first kappa shape index (κ1) is 26.3. The van der Waals surface area contributed by atoms with Crippen LogP contribution in [0.25, 0.3) is 22.2 Å². The highest BCUT2D eigenvalue weighted by Gasteiger charge is 2.38. The van der Waals surface area contributed by atoms with Crippen LogP contribution < -0.4 is 5.73 Å². The first-order chi connectivity index (χ1) is 18.6. The summed E-state index contributed by atoms with van der Waals surface area (Å²) >= 11 is 5.83. The summed E-state index contributed by atoms with van der Waals surface area (Å²) in [5, 5.41) is 10.5. The van der Waals surface area contributed by atoms with Gasteiger partial charge in [0.2, 0.25) is 0 Å². The number of nitrogen functional groups attached to an aromatic ring is 1. The van der Waals surface area contributed by atoms with Gasteiger partial charge >= 0.3 is 6.18 Å². The van der Waals surface area contributed by atoms with E-state index < -0.39 is 17.8 Å². The van der Waals surface area contributed by atoms with Crippen LogP contribution in [0.15, 0.2) is 24.8 Å². The first-order valence-corrected chi connectivity index (χ1v) is 13.5. The maximum absolute atomic E-state index is 13.1. The fourth-order valence-corrected chi connectivity index (χ4v) is 6.53. The normalized spacial score (nSPS) is 25.7. The molecule has 6 rings (SSSR count). The molecule has 0 spiro atoms. The molecule has 208 valence electrons. The van der Waals surface area contributed by atoms with Crippen LogP contribution in [-0.4, -0.2) is 65.2 Å². The fraction of sp³-hybridized carbons (Fsp3) is 0.538. The van der Waals surface area contributed by atoms with E-state index in [1.807, 2.05) is 4.57 Å². The third-order valence-corrected chi connectivity index (χ3v) is 8.75. The van der Waals surface area contributed by atoms with Crippen LogP contribution in [0, 0.1) is 11.8 Å². The lowest BCUT2D eigenvalue weighted by atomic mass is 9.76. The quantitative estimate of drug-likeness (QED) is 0.301. The number of aliphatic hydroxyl groups excluding tert-OH is 1. The fourth-order valence-electron chi connectivity index (χ4n) is 6.27. The predicted molar refractivity (Wildman–Crippen MR) is 141 cm³/mol. The number of nitrogens with zero attached hydrogens (tertiary/aromatic N) is 6. The van der Waals surface area contributed by atoms with Gasteiger partial charge in [-0.15, -0.1) is 0 Å². The van der Waals surface area contributed by atoms with Crippen molar-refractivity contribution in [2.24, 2.45) is 11.8 Å². The molecule has 2 aliphatic rings. The summed E-state index contributed by atoms with van der Waals surface area (Å²) in [5.41, 5.74) is 7.07. The smallest absolute Gasteiger partial charge is 0.391 e. The molecule has 0 bridgehead atoms.